The van der Waals surface area contributed by atoms with Crippen molar-refractivity contribution in [2.24, 2.45) is 0 Å². The Morgan fingerprint density at radius 3 is 2.59 bits per heavy atom. The van der Waals surface area contributed by atoms with Gasteiger partial charge in [0.05, 0.1) is 17.2 Å². The topological polar surface area (TPSA) is 94.1 Å². The zero-order chi connectivity index (χ0) is 15.5. The van der Waals surface area contributed by atoms with Crippen molar-refractivity contribution in [3.63, 3.8) is 0 Å². The highest BCUT2D eigenvalue weighted by molar-refractivity contribution is 5.64. The van der Waals surface area contributed by atoms with Crippen LogP contribution in [0.3, 0.4) is 0 Å². The SMILES string of the molecule is O=[N+]([O-])c1cccc(-n2nnc(CO)c2-c2ccccc2)c1. The summed E-state index contributed by atoms with van der Waals surface area (Å²) in [6.45, 7) is -0.265. The van der Waals surface area contributed by atoms with E-state index in [1.807, 2.05) is 30.3 Å². The Hall–Kier alpha value is -3.06. The summed E-state index contributed by atoms with van der Waals surface area (Å²) in [4.78, 5) is 10.5. The number of nitro benzene ring substituents is 1. The zero-order valence-electron chi connectivity index (χ0n) is 11.5. The van der Waals surface area contributed by atoms with E-state index in [4.69, 9.17) is 0 Å². The van der Waals surface area contributed by atoms with Crippen molar-refractivity contribution in [2.45, 2.75) is 6.61 Å². The van der Waals surface area contributed by atoms with Crippen LogP contribution in [0.1, 0.15) is 5.69 Å². The van der Waals surface area contributed by atoms with Gasteiger partial charge in [-0.05, 0) is 6.07 Å². The van der Waals surface area contributed by atoms with E-state index in [-0.39, 0.29) is 12.3 Å². The van der Waals surface area contributed by atoms with Gasteiger partial charge in [-0.1, -0.05) is 41.6 Å². The maximum Gasteiger partial charge on any atom is 0.271 e. The first-order valence-corrected chi connectivity index (χ1v) is 6.56. The second kappa shape index (κ2) is 5.74. The van der Waals surface area contributed by atoms with Crippen molar-refractivity contribution < 1.29 is 10.0 Å². The number of hydrogen-bond donors (Lipinski definition) is 1. The van der Waals surface area contributed by atoms with Crippen LogP contribution in [0.5, 0.6) is 0 Å². The molecule has 3 aromatic rings. The molecule has 7 heteroatoms. The lowest BCUT2D eigenvalue weighted by Gasteiger charge is -2.07. The third-order valence-electron chi connectivity index (χ3n) is 3.22. The number of hydrogen-bond acceptors (Lipinski definition) is 5. The van der Waals surface area contributed by atoms with Gasteiger partial charge in [0.2, 0.25) is 0 Å². The Labute approximate surface area is 125 Å². The Morgan fingerprint density at radius 1 is 1.14 bits per heavy atom. The molecule has 110 valence electrons. The van der Waals surface area contributed by atoms with Gasteiger partial charge >= 0.3 is 0 Å². The van der Waals surface area contributed by atoms with Gasteiger partial charge in [-0.25, -0.2) is 4.68 Å². The predicted molar refractivity (Wildman–Crippen MR) is 79.4 cm³/mol. The summed E-state index contributed by atoms with van der Waals surface area (Å²) in [6, 6.07) is 15.5. The summed E-state index contributed by atoms with van der Waals surface area (Å²) in [5, 5.41) is 28.4. The van der Waals surface area contributed by atoms with E-state index in [1.165, 1.54) is 16.8 Å². The van der Waals surface area contributed by atoms with Crippen molar-refractivity contribution in [1.82, 2.24) is 15.0 Å². The molecule has 0 radical (unpaired) electrons. The number of aliphatic hydroxyl groups excluding tert-OH is 1. The Bertz CT molecular complexity index is 815. The third kappa shape index (κ3) is 2.45. The molecule has 0 aliphatic heterocycles. The minimum Gasteiger partial charge on any atom is -0.390 e. The fourth-order valence-corrected chi connectivity index (χ4v) is 2.22. The van der Waals surface area contributed by atoms with Gasteiger partial charge in [0.15, 0.2) is 0 Å². The summed E-state index contributed by atoms with van der Waals surface area (Å²) >= 11 is 0. The Balaban J connectivity index is 2.18. The highest BCUT2D eigenvalue weighted by Gasteiger charge is 2.17. The first-order valence-electron chi connectivity index (χ1n) is 6.56. The number of aliphatic hydroxyl groups is 1. The Morgan fingerprint density at radius 2 is 1.91 bits per heavy atom. The van der Waals surface area contributed by atoms with Crippen molar-refractivity contribution >= 4 is 5.69 Å². The van der Waals surface area contributed by atoms with Gasteiger partial charge < -0.3 is 5.11 Å². The first kappa shape index (κ1) is 13.9. The van der Waals surface area contributed by atoms with Crippen molar-refractivity contribution in [2.75, 3.05) is 0 Å². The molecular weight excluding hydrogens is 284 g/mol. The maximum atomic E-state index is 10.9. The molecule has 7 nitrogen and oxygen atoms in total. The second-order valence-corrected chi connectivity index (χ2v) is 4.60. The molecule has 0 unspecified atom stereocenters. The molecule has 0 atom stereocenters. The molecule has 0 amide bonds. The highest BCUT2D eigenvalue weighted by atomic mass is 16.6. The van der Waals surface area contributed by atoms with Gasteiger partial charge in [-0.2, -0.15) is 0 Å². The molecule has 1 N–H and O–H groups in total. The molecule has 0 bridgehead atoms. The van der Waals surface area contributed by atoms with Gasteiger partial charge in [0.1, 0.15) is 11.4 Å². The quantitative estimate of drug-likeness (QED) is 0.589. The smallest absolute Gasteiger partial charge is 0.271 e. The maximum absolute atomic E-state index is 10.9. The lowest BCUT2D eigenvalue weighted by Crippen LogP contribution is -2.01. The lowest BCUT2D eigenvalue weighted by molar-refractivity contribution is -0.384. The number of rotatable bonds is 4. The fraction of sp³-hybridized carbons (Fsp3) is 0.0667. The van der Waals surface area contributed by atoms with Crippen LogP contribution in [0.15, 0.2) is 54.6 Å². The van der Waals surface area contributed by atoms with Crippen LogP contribution >= 0.6 is 0 Å². The van der Waals surface area contributed by atoms with Crippen LogP contribution in [-0.2, 0) is 6.61 Å². The van der Waals surface area contributed by atoms with Crippen LogP contribution in [-0.4, -0.2) is 25.0 Å². The molecule has 1 heterocycles. The molecule has 0 spiro atoms. The molecule has 22 heavy (non-hydrogen) atoms. The summed E-state index contributed by atoms with van der Waals surface area (Å²) in [5.41, 5.74) is 2.34. The van der Waals surface area contributed by atoms with E-state index in [2.05, 4.69) is 10.3 Å². The molecule has 0 fully saturated rings. The highest BCUT2D eigenvalue weighted by Crippen LogP contribution is 2.26. The van der Waals surface area contributed by atoms with Gasteiger partial charge in [0.25, 0.3) is 5.69 Å². The predicted octanol–water partition coefficient (Wildman–Crippen LogP) is 2.33. The molecule has 1 aromatic heterocycles. The minimum absolute atomic E-state index is 0.0300. The fourth-order valence-electron chi connectivity index (χ4n) is 2.22. The van der Waals surface area contributed by atoms with Crippen LogP contribution in [0.2, 0.25) is 0 Å². The van der Waals surface area contributed by atoms with E-state index >= 15 is 0 Å². The minimum atomic E-state index is -0.463. The summed E-state index contributed by atoms with van der Waals surface area (Å²) in [7, 11) is 0. The summed E-state index contributed by atoms with van der Waals surface area (Å²) < 4.78 is 1.49. The normalized spacial score (nSPS) is 10.6. The van der Waals surface area contributed by atoms with Crippen LogP contribution in [0.25, 0.3) is 16.9 Å². The van der Waals surface area contributed by atoms with Gasteiger partial charge in [-0.3, -0.25) is 10.1 Å². The molecule has 2 aromatic carbocycles. The van der Waals surface area contributed by atoms with Crippen molar-refractivity contribution in [3.8, 4) is 16.9 Å². The standard InChI is InChI=1S/C15H12N4O3/c20-10-14-15(11-5-2-1-3-6-11)18(17-16-14)12-7-4-8-13(9-12)19(21)22/h1-9,20H,10H2. The van der Waals surface area contributed by atoms with E-state index in [0.717, 1.165) is 5.56 Å². The van der Waals surface area contributed by atoms with E-state index < -0.39 is 4.92 Å². The van der Waals surface area contributed by atoms with Crippen molar-refractivity contribution in [3.05, 3.63) is 70.4 Å². The number of nitrogens with zero attached hydrogens (tertiary/aromatic N) is 4. The first-order chi connectivity index (χ1) is 10.7. The van der Waals surface area contributed by atoms with Crippen LogP contribution < -0.4 is 0 Å². The van der Waals surface area contributed by atoms with Crippen molar-refractivity contribution in [1.29, 1.82) is 0 Å². The monoisotopic (exact) mass is 296 g/mol. The van der Waals surface area contributed by atoms with E-state index in [9.17, 15) is 15.2 Å². The van der Waals surface area contributed by atoms with E-state index in [1.54, 1.807) is 12.1 Å². The number of aromatic nitrogens is 3. The van der Waals surface area contributed by atoms with E-state index in [0.29, 0.717) is 17.1 Å². The molecule has 3 rings (SSSR count). The molecular formula is C15H12N4O3. The van der Waals surface area contributed by atoms with Crippen LogP contribution in [0, 0.1) is 10.1 Å². The number of non-ortho nitro benzene ring substituents is 1. The molecule has 0 aliphatic rings. The third-order valence-corrected chi connectivity index (χ3v) is 3.22. The largest absolute Gasteiger partial charge is 0.390 e. The summed E-state index contributed by atoms with van der Waals surface area (Å²) in [5.74, 6) is 0. The van der Waals surface area contributed by atoms with Gasteiger partial charge in [0, 0.05) is 17.7 Å². The molecule has 0 saturated heterocycles. The van der Waals surface area contributed by atoms with Gasteiger partial charge in [-0.15, -0.1) is 5.10 Å². The number of nitro groups is 1. The molecule has 0 saturated carbocycles. The average Bonchev–Trinajstić information content (AvgIpc) is 2.99. The summed E-state index contributed by atoms with van der Waals surface area (Å²) in [6.07, 6.45) is 0. The van der Waals surface area contributed by atoms with Crippen LogP contribution in [0.4, 0.5) is 5.69 Å². The zero-order valence-corrected chi connectivity index (χ0v) is 11.5. The molecule has 0 aliphatic carbocycles. The Kier molecular flexibility index (Phi) is 3.63. The second-order valence-electron chi connectivity index (χ2n) is 4.60. The lowest BCUT2D eigenvalue weighted by atomic mass is 10.1. The average molecular weight is 296 g/mol. The number of benzene rings is 2.